The number of halogens is 1. The molecule has 0 bridgehead atoms. The molecule has 6 nitrogen and oxygen atoms in total. The van der Waals surface area contributed by atoms with Gasteiger partial charge < -0.3 is 9.47 Å². The molecular weight excluding hydrogens is 383 g/mol. The first-order valence-electron chi connectivity index (χ1n) is 9.16. The highest BCUT2D eigenvalue weighted by atomic mass is 32.2. The van der Waals surface area contributed by atoms with E-state index in [1.54, 1.807) is 18.2 Å². The first-order chi connectivity index (χ1) is 13.5. The number of hydrogen-bond acceptors (Lipinski definition) is 5. The van der Waals surface area contributed by atoms with Crippen LogP contribution in [0.5, 0.6) is 11.5 Å². The molecule has 0 radical (unpaired) electrons. The Bertz CT molecular complexity index is 884. The molecule has 0 amide bonds. The summed E-state index contributed by atoms with van der Waals surface area (Å²) in [6.45, 7) is 5.09. The summed E-state index contributed by atoms with van der Waals surface area (Å²) in [5.74, 6) is 0.703. The van der Waals surface area contributed by atoms with E-state index in [1.165, 1.54) is 18.3 Å². The van der Waals surface area contributed by atoms with E-state index in [1.807, 2.05) is 6.92 Å². The Balaban J connectivity index is 2.05. The number of nitrogens with one attached hydrogen (secondary N) is 1. The molecular formula is C20H25FN2O4S. The monoisotopic (exact) mass is 408 g/mol. The molecule has 0 atom stereocenters. The molecule has 2 aromatic rings. The van der Waals surface area contributed by atoms with Crippen molar-refractivity contribution < 1.29 is 22.3 Å². The van der Waals surface area contributed by atoms with Crippen molar-refractivity contribution in [1.29, 1.82) is 0 Å². The standard InChI is InChI=1S/C20H25FN2O4S/c1-3-5-6-13-27-19-12-7-16(14-20(19)26-4-2)15-22-23-28(24,25)18-10-8-17(21)9-11-18/h7-12,14-15,23H,3-6,13H2,1-2H3/b22-15+. The van der Waals surface area contributed by atoms with Gasteiger partial charge in [0.25, 0.3) is 10.0 Å². The summed E-state index contributed by atoms with van der Waals surface area (Å²) < 4.78 is 48.6. The van der Waals surface area contributed by atoms with E-state index in [4.69, 9.17) is 9.47 Å². The van der Waals surface area contributed by atoms with Gasteiger partial charge in [-0.2, -0.15) is 13.5 Å². The molecule has 0 saturated heterocycles. The molecule has 0 saturated carbocycles. The van der Waals surface area contributed by atoms with Gasteiger partial charge in [0.1, 0.15) is 5.82 Å². The fourth-order valence-corrected chi connectivity index (χ4v) is 3.15. The highest BCUT2D eigenvalue weighted by Crippen LogP contribution is 2.28. The summed E-state index contributed by atoms with van der Waals surface area (Å²) in [4.78, 5) is 2.03. The van der Waals surface area contributed by atoms with Crippen molar-refractivity contribution in [2.75, 3.05) is 13.2 Å². The minimum absolute atomic E-state index is 0.0723. The summed E-state index contributed by atoms with van der Waals surface area (Å²) in [5.41, 5.74) is 0.645. The van der Waals surface area contributed by atoms with E-state index in [0.29, 0.717) is 30.3 Å². The number of rotatable bonds is 11. The van der Waals surface area contributed by atoms with Crippen molar-refractivity contribution in [3.63, 3.8) is 0 Å². The molecule has 0 aromatic heterocycles. The number of unbranched alkanes of at least 4 members (excludes halogenated alkanes) is 2. The maximum Gasteiger partial charge on any atom is 0.276 e. The quantitative estimate of drug-likeness (QED) is 0.345. The van der Waals surface area contributed by atoms with Crippen LogP contribution in [-0.2, 0) is 10.0 Å². The average Bonchev–Trinajstić information content (AvgIpc) is 2.67. The van der Waals surface area contributed by atoms with Crippen LogP contribution in [0.25, 0.3) is 0 Å². The number of sulfonamides is 1. The van der Waals surface area contributed by atoms with E-state index in [2.05, 4.69) is 16.9 Å². The topological polar surface area (TPSA) is 77.0 Å². The Labute approximate surface area is 165 Å². The molecule has 0 heterocycles. The highest BCUT2D eigenvalue weighted by molar-refractivity contribution is 7.89. The van der Waals surface area contributed by atoms with Crippen LogP contribution in [0.3, 0.4) is 0 Å². The Morgan fingerprint density at radius 2 is 1.79 bits per heavy atom. The second kappa shape index (κ2) is 10.7. The van der Waals surface area contributed by atoms with Crippen LogP contribution in [0, 0.1) is 5.82 Å². The van der Waals surface area contributed by atoms with E-state index in [0.717, 1.165) is 31.4 Å². The van der Waals surface area contributed by atoms with Gasteiger partial charge in [0.15, 0.2) is 11.5 Å². The van der Waals surface area contributed by atoms with Crippen LogP contribution in [0.1, 0.15) is 38.7 Å². The molecule has 2 rings (SSSR count). The Hall–Kier alpha value is -2.61. The summed E-state index contributed by atoms with van der Waals surface area (Å²) in [6.07, 6.45) is 4.55. The largest absolute Gasteiger partial charge is 0.490 e. The van der Waals surface area contributed by atoms with Gasteiger partial charge in [0.05, 0.1) is 24.3 Å². The predicted octanol–water partition coefficient (Wildman–Crippen LogP) is 4.11. The van der Waals surface area contributed by atoms with Crippen LogP contribution in [-0.4, -0.2) is 27.8 Å². The number of benzene rings is 2. The van der Waals surface area contributed by atoms with Crippen molar-refractivity contribution in [3.8, 4) is 11.5 Å². The van der Waals surface area contributed by atoms with E-state index >= 15 is 0 Å². The Morgan fingerprint density at radius 3 is 2.46 bits per heavy atom. The zero-order valence-electron chi connectivity index (χ0n) is 16.0. The van der Waals surface area contributed by atoms with Gasteiger partial charge in [-0.1, -0.05) is 19.8 Å². The maximum absolute atomic E-state index is 12.9. The van der Waals surface area contributed by atoms with E-state index < -0.39 is 15.8 Å². The number of nitrogens with zero attached hydrogens (tertiary/aromatic N) is 1. The fraction of sp³-hybridized carbons (Fsp3) is 0.350. The molecule has 152 valence electrons. The fourth-order valence-electron chi connectivity index (χ4n) is 2.36. The van der Waals surface area contributed by atoms with Gasteiger partial charge in [-0.15, -0.1) is 0 Å². The van der Waals surface area contributed by atoms with Crippen molar-refractivity contribution in [1.82, 2.24) is 4.83 Å². The average molecular weight is 408 g/mol. The zero-order chi connectivity index (χ0) is 20.4. The summed E-state index contributed by atoms with van der Waals surface area (Å²) >= 11 is 0. The molecule has 0 aliphatic rings. The van der Waals surface area contributed by atoms with Crippen molar-refractivity contribution in [2.45, 2.75) is 38.0 Å². The lowest BCUT2D eigenvalue weighted by molar-refractivity contribution is 0.271. The minimum Gasteiger partial charge on any atom is -0.490 e. The first-order valence-corrected chi connectivity index (χ1v) is 10.6. The molecule has 8 heteroatoms. The van der Waals surface area contributed by atoms with Crippen LogP contribution in [0.15, 0.2) is 52.5 Å². The van der Waals surface area contributed by atoms with Gasteiger partial charge in [-0.3, -0.25) is 0 Å². The SMILES string of the molecule is CCCCCOc1ccc(/C=N/NS(=O)(=O)c2ccc(F)cc2)cc1OCC. The lowest BCUT2D eigenvalue weighted by Gasteiger charge is -2.12. The van der Waals surface area contributed by atoms with Crippen molar-refractivity contribution in [3.05, 3.63) is 53.8 Å². The highest BCUT2D eigenvalue weighted by Gasteiger charge is 2.12. The maximum atomic E-state index is 12.9. The molecule has 0 aliphatic carbocycles. The van der Waals surface area contributed by atoms with E-state index in [9.17, 15) is 12.8 Å². The van der Waals surface area contributed by atoms with Crippen molar-refractivity contribution in [2.24, 2.45) is 5.10 Å². The molecule has 0 unspecified atom stereocenters. The van der Waals surface area contributed by atoms with Gasteiger partial charge in [0, 0.05) is 0 Å². The van der Waals surface area contributed by atoms with E-state index in [-0.39, 0.29) is 4.90 Å². The van der Waals surface area contributed by atoms with Crippen LogP contribution in [0.4, 0.5) is 4.39 Å². The third-order valence-electron chi connectivity index (χ3n) is 3.78. The molecule has 1 N–H and O–H groups in total. The van der Waals surface area contributed by atoms with Gasteiger partial charge >= 0.3 is 0 Å². The molecule has 0 aliphatic heterocycles. The lowest BCUT2D eigenvalue weighted by Crippen LogP contribution is -2.18. The molecule has 0 fully saturated rings. The first kappa shape index (κ1) is 21.7. The minimum atomic E-state index is -3.86. The van der Waals surface area contributed by atoms with Crippen LogP contribution in [0.2, 0.25) is 0 Å². The number of hydrogen-bond donors (Lipinski definition) is 1. The number of hydrazone groups is 1. The second-order valence-electron chi connectivity index (χ2n) is 6.00. The summed E-state index contributed by atoms with van der Waals surface area (Å²) in [6, 6.07) is 9.75. The van der Waals surface area contributed by atoms with Gasteiger partial charge in [-0.25, -0.2) is 9.22 Å². The Morgan fingerprint density at radius 1 is 1.04 bits per heavy atom. The molecule has 0 spiro atoms. The summed E-state index contributed by atoms with van der Waals surface area (Å²) in [7, 11) is -3.86. The third-order valence-corrected chi connectivity index (χ3v) is 5.02. The van der Waals surface area contributed by atoms with Crippen LogP contribution >= 0.6 is 0 Å². The van der Waals surface area contributed by atoms with Gasteiger partial charge in [-0.05, 0) is 61.4 Å². The smallest absolute Gasteiger partial charge is 0.276 e. The van der Waals surface area contributed by atoms with Gasteiger partial charge in [0.2, 0.25) is 0 Å². The zero-order valence-corrected chi connectivity index (χ0v) is 16.8. The lowest BCUT2D eigenvalue weighted by atomic mass is 10.2. The van der Waals surface area contributed by atoms with Crippen LogP contribution < -0.4 is 14.3 Å². The summed E-state index contributed by atoms with van der Waals surface area (Å²) in [5, 5.41) is 3.78. The second-order valence-corrected chi connectivity index (χ2v) is 7.66. The predicted molar refractivity (Wildman–Crippen MR) is 107 cm³/mol. The Kier molecular flexibility index (Phi) is 8.25. The van der Waals surface area contributed by atoms with Crippen molar-refractivity contribution >= 4 is 16.2 Å². The normalized spacial score (nSPS) is 11.5. The molecule has 2 aromatic carbocycles. The number of ether oxygens (including phenoxy) is 2. The third kappa shape index (κ3) is 6.53. The molecule has 28 heavy (non-hydrogen) atoms.